The van der Waals surface area contributed by atoms with Crippen molar-refractivity contribution in [2.24, 2.45) is 0 Å². The minimum Gasteiger partial charge on any atom is -0.444 e. The molecule has 0 spiro atoms. The van der Waals surface area contributed by atoms with Crippen LogP contribution in [0.3, 0.4) is 0 Å². The SMILES string of the molecule is CC(C)(C)OC(=O)NC12CC1(c1nc3c(F)c(Br)c(Cl)cc3c(=O)[nH]1)C2. The highest BCUT2D eigenvalue weighted by atomic mass is 79.9. The van der Waals surface area contributed by atoms with Gasteiger partial charge in [-0.3, -0.25) is 4.79 Å². The Hall–Kier alpha value is -1.67. The van der Waals surface area contributed by atoms with E-state index < -0.39 is 34.0 Å². The minimum atomic E-state index is -0.678. The minimum absolute atomic E-state index is 0.0423. The van der Waals surface area contributed by atoms with Gasteiger partial charge in [0, 0.05) is 0 Å². The summed E-state index contributed by atoms with van der Waals surface area (Å²) >= 11 is 8.98. The number of benzene rings is 1. The van der Waals surface area contributed by atoms with E-state index in [2.05, 4.69) is 31.2 Å². The molecule has 0 bridgehead atoms. The summed E-state index contributed by atoms with van der Waals surface area (Å²) in [4.78, 5) is 31.4. The molecule has 2 N–H and O–H groups in total. The number of hydrogen-bond donors (Lipinski definition) is 2. The van der Waals surface area contributed by atoms with Crippen LogP contribution in [0.5, 0.6) is 0 Å². The molecular weight excluding hydrogens is 429 g/mol. The van der Waals surface area contributed by atoms with Crippen LogP contribution in [0.15, 0.2) is 15.3 Å². The van der Waals surface area contributed by atoms with Gasteiger partial charge in [-0.05, 0) is 55.6 Å². The highest BCUT2D eigenvalue weighted by Gasteiger charge is 2.86. The number of fused-ring (bicyclic) bond motifs is 2. The van der Waals surface area contributed by atoms with Gasteiger partial charge in [0.05, 0.1) is 25.8 Å². The van der Waals surface area contributed by atoms with Gasteiger partial charge in [-0.1, -0.05) is 11.6 Å². The number of halogens is 3. The summed E-state index contributed by atoms with van der Waals surface area (Å²) in [6.07, 6.45) is 0.745. The van der Waals surface area contributed by atoms with Crippen LogP contribution in [-0.2, 0) is 10.2 Å². The molecule has 1 amide bonds. The maximum Gasteiger partial charge on any atom is 0.408 e. The molecule has 0 atom stereocenters. The standard InChI is InChI=1S/C17H16BrClFN3O3/c1-15(2,3)26-14(25)23-17-5-16(17,6-17)13-21-11-7(12(24)22-13)4-8(19)9(18)10(11)20/h4H,5-6H2,1-3H3,(H,23,25)(H,21,22,24). The monoisotopic (exact) mass is 443 g/mol. The van der Waals surface area contributed by atoms with E-state index in [0.29, 0.717) is 18.7 Å². The maximum absolute atomic E-state index is 14.5. The summed E-state index contributed by atoms with van der Waals surface area (Å²) in [7, 11) is 0. The van der Waals surface area contributed by atoms with E-state index in [-0.39, 0.29) is 20.4 Å². The zero-order valence-corrected chi connectivity index (χ0v) is 16.6. The molecule has 138 valence electrons. The molecule has 9 heteroatoms. The molecule has 2 saturated carbocycles. The molecular formula is C17H16BrClFN3O3. The molecule has 1 aromatic heterocycles. The second-order valence-electron chi connectivity index (χ2n) is 7.94. The van der Waals surface area contributed by atoms with Crippen LogP contribution in [0.2, 0.25) is 5.02 Å². The molecule has 0 saturated heterocycles. The van der Waals surface area contributed by atoms with Gasteiger partial charge in [0.1, 0.15) is 16.9 Å². The number of rotatable bonds is 2. The molecule has 0 unspecified atom stereocenters. The van der Waals surface area contributed by atoms with Crippen molar-refractivity contribution in [3.63, 3.8) is 0 Å². The van der Waals surface area contributed by atoms with Gasteiger partial charge < -0.3 is 15.0 Å². The van der Waals surface area contributed by atoms with Gasteiger partial charge >= 0.3 is 6.09 Å². The number of nitrogens with zero attached hydrogens (tertiary/aromatic N) is 1. The van der Waals surface area contributed by atoms with E-state index in [1.54, 1.807) is 20.8 Å². The Labute approximate surface area is 161 Å². The van der Waals surface area contributed by atoms with Crippen LogP contribution in [0.25, 0.3) is 10.9 Å². The topological polar surface area (TPSA) is 84.1 Å². The van der Waals surface area contributed by atoms with Crippen LogP contribution in [0.1, 0.15) is 39.4 Å². The average molecular weight is 445 g/mol. The lowest BCUT2D eigenvalue weighted by Crippen LogP contribution is -2.36. The van der Waals surface area contributed by atoms with Crippen molar-refractivity contribution in [1.29, 1.82) is 0 Å². The van der Waals surface area contributed by atoms with Crippen LogP contribution >= 0.6 is 27.5 Å². The number of hydrogen-bond acceptors (Lipinski definition) is 4. The Morgan fingerprint density at radius 1 is 1.46 bits per heavy atom. The smallest absolute Gasteiger partial charge is 0.408 e. The van der Waals surface area contributed by atoms with E-state index in [1.807, 2.05) is 0 Å². The lowest BCUT2D eigenvalue weighted by molar-refractivity contribution is 0.0511. The van der Waals surface area contributed by atoms with Crippen molar-refractivity contribution in [2.45, 2.75) is 50.2 Å². The van der Waals surface area contributed by atoms with Gasteiger partial charge in [0.2, 0.25) is 0 Å². The molecule has 6 nitrogen and oxygen atoms in total. The van der Waals surface area contributed by atoms with Gasteiger partial charge in [-0.25, -0.2) is 14.2 Å². The van der Waals surface area contributed by atoms with Crippen LogP contribution in [-0.4, -0.2) is 27.2 Å². The number of nitrogens with one attached hydrogen (secondary N) is 2. The third-order valence-corrected chi connectivity index (χ3v) is 6.20. The number of aromatic nitrogens is 2. The first-order chi connectivity index (χ1) is 12.0. The van der Waals surface area contributed by atoms with Crippen molar-refractivity contribution in [1.82, 2.24) is 15.3 Å². The first-order valence-corrected chi connectivity index (χ1v) is 9.24. The third kappa shape index (κ3) is 2.53. The van der Waals surface area contributed by atoms with E-state index in [1.165, 1.54) is 6.07 Å². The molecule has 1 aromatic carbocycles. The molecule has 26 heavy (non-hydrogen) atoms. The second-order valence-corrected chi connectivity index (χ2v) is 9.14. The molecule has 1 heterocycles. The molecule has 0 aliphatic heterocycles. The number of aromatic amines is 1. The molecule has 2 aliphatic rings. The van der Waals surface area contributed by atoms with Gasteiger partial charge in [-0.2, -0.15) is 0 Å². The van der Waals surface area contributed by atoms with Gasteiger partial charge in [0.15, 0.2) is 5.82 Å². The first-order valence-electron chi connectivity index (χ1n) is 8.07. The summed E-state index contributed by atoms with van der Waals surface area (Å²) in [6, 6.07) is 1.38. The summed E-state index contributed by atoms with van der Waals surface area (Å²) in [5.74, 6) is -0.303. The summed E-state index contributed by atoms with van der Waals surface area (Å²) in [5.41, 5.74) is -2.04. The van der Waals surface area contributed by atoms with Crippen molar-refractivity contribution < 1.29 is 13.9 Å². The Morgan fingerprint density at radius 3 is 2.73 bits per heavy atom. The molecule has 0 radical (unpaired) electrons. The molecule has 2 fully saturated rings. The summed E-state index contributed by atoms with van der Waals surface area (Å²) < 4.78 is 19.8. The number of alkyl carbamates (subject to hydrolysis) is 1. The number of carbonyl (C=O) groups is 1. The first kappa shape index (κ1) is 17.7. The number of H-pyrrole nitrogens is 1. The number of ether oxygens (including phenoxy) is 1. The molecule has 2 aromatic rings. The summed E-state index contributed by atoms with van der Waals surface area (Å²) in [5, 5.41) is 3.05. The highest BCUT2D eigenvalue weighted by Crippen LogP contribution is 2.78. The van der Waals surface area contributed by atoms with Crippen molar-refractivity contribution in [2.75, 3.05) is 0 Å². The van der Waals surface area contributed by atoms with Gasteiger partial charge in [-0.15, -0.1) is 0 Å². The Balaban J connectivity index is 1.66. The van der Waals surface area contributed by atoms with Gasteiger partial charge in [0.25, 0.3) is 5.56 Å². The van der Waals surface area contributed by atoms with E-state index >= 15 is 0 Å². The van der Waals surface area contributed by atoms with E-state index in [9.17, 15) is 14.0 Å². The predicted octanol–water partition coefficient (Wildman–Crippen LogP) is 3.79. The fourth-order valence-electron chi connectivity index (χ4n) is 3.40. The zero-order chi connectivity index (χ0) is 19.1. The second kappa shape index (κ2) is 5.19. The van der Waals surface area contributed by atoms with Crippen molar-refractivity contribution in [3.05, 3.63) is 37.6 Å². The van der Waals surface area contributed by atoms with E-state index in [0.717, 1.165) is 0 Å². The van der Waals surface area contributed by atoms with Crippen molar-refractivity contribution >= 4 is 44.5 Å². The molecule has 4 rings (SSSR count). The molecule has 2 aliphatic carbocycles. The fourth-order valence-corrected chi connectivity index (χ4v) is 3.89. The number of amides is 1. The Kier molecular flexibility index (Phi) is 3.54. The fraction of sp³-hybridized carbons (Fsp3) is 0.471. The summed E-state index contributed by atoms with van der Waals surface area (Å²) in [6.45, 7) is 5.35. The van der Waals surface area contributed by atoms with Crippen molar-refractivity contribution in [3.8, 4) is 0 Å². The maximum atomic E-state index is 14.5. The van der Waals surface area contributed by atoms with Crippen LogP contribution in [0.4, 0.5) is 9.18 Å². The zero-order valence-electron chi connectivity index (χ0n) is 14.3. The quantitative estimate of drug-likeness (QED) is 0.690. The average Bonchev–Trinajstić information content (AvgIpc) is 3.30. The Bertz CT molecular complexity index is 1020. The number of carbonyl (C=O) groups excluding carboxylic acids is 1. The lowest BCUT2D eigenvalue weighted by atomic mass is 10.2. The van der Waals surface area contributed by atoms with Crippen LogP contribution < -0.4 is 10.9 Å². The Morgan fingerprint density at radius 2 is 2.12 bits per heavy atom. The lowest BCUT2D eigenvalue weighted by Gasteiger charge is -2.20. The third-order valence-electron chi connectivity index (χ3n) is 4.90. The highest BCUT2D eigenvalue weighted by molar-refractivity contribution is 9.10. The predicted molar refractivity (Wildman–Crippen MR) is 98.0 cm³/mol. The van der Waals surface area contributed by atoms with Crippen LogP contribution in [0, 0.1) is 5.82 Å². The largest absolute Gasteiger partial charge is 0.444 e. The normalized spacial score (nSPS) is 26.4. The van der Waals surface area contributed by atoms with E-state index in [4.69, 9.17) is 16.3 Å².